The fourth-order valence-electron chi connectivity index (χ4n) is 4.22. The number of hydrogen-bond acceptors (Lipinski definition) is 5. The highest BCUT2D eigenvalue weighted by atomic mass is 32.1. The van der Waals surface area contributed by atoms with Crippen LogP contribution in [-0.2, 0) is 11.2 Å². The molecule has 0 radical (unpaired) electrons. The number of thiophene rings is 1. The molecule has 0 aliphatic carbocycles. The van der Waals surface area contributed by atoms with Gasteiger partial charge in [-0.1, -0.05) is 30.7 Å². The number of allylic oxidation sites excluding steroid dienone is 1. The minimum atomic E-state index is -0.446. The predicted molar refractivity (Wildman–Crippen MR) is 131 cm³/mol. The van der Waals surface area contributed by atoms with Gasteiger partial charge >= 0.3 is 0 Å². The van der Waals surface area contributed by atoms with Gasteiger partial charge in [0.2, 0.25) is 5.91 Å². The number of nitrogens with zero attached hydrogens (tertiary/aromatic N) is 2. The highest BCUT2D eigenvalue weighted by molar-refractivity contribution is 7.10. The number of aliphatic hydroxyl groups is 1. The Balaban J connectivity index is 1.69. The van der Waals surface area contributed by atoms with Gasteiger partial charge in [-0.05, 0) is 68.3 Å². The number of fused-ring (bicyclic) bond motifs is 1. The molecule has 5 nitrogen and oxygen atoms in total. The van der Waals surface area contributed by atoms with E-state index in [2.05, 4.69) is 36.8 Å². The molecular weight excluding hydrogens is 420 g/mol. The molecule has 1 aromatic heterocycles. The summed E-state index contributed by atoms with van der Waals surface area (Å²) in [6.45, 7) is 10.6. The monoisotopic (exact) mass is 456 g/mol. The zero-order valence-electron chi connectivity index (χ0n) is 19.3. The molecule has 6 heteroatoms. The summed E-state index contributed by atoms with van der Waals surface area (Å²) in [7, 11) is 0. The lowest BCUT2D eigenvalue weighted by Gasteiger charge is -2.37. The van der Waals surface area contributed by atoms with Crippen molar-refractivity contribution in [3.63, 3.8) is 0 Å². The van der Waals surface area contributed by atoms with Crippen molar-refractivity contribution in [2.45, 2.75) is 51.7 Å². The minimum absolute atomic E-state index is 0.0898. The molecule has 0 saturated carbocycles. The van der Waals surface area contributed by atoms with Gasteiger partial charge < -0.3 is 14.7 Å². The van der Waals surface area contributed by atoms with Gasteiger partial charge in [-0.25, -0.2) is 0 Å². The lowest BCUT2D eigenvalue weighted by Crippen LogP contribution is -2.47. The zero-order valence-corrected chi connectivity index (χ0v) is 20.2. The summed E-state index contributed by atoms with van der Waals surface area (Å²) >= 11 is 1.76. The van der Waals surface area contributed by atoms with Crippen molar-refractivity contribution in [2.75, 3.05) is 32.8 Å². The number of hydrogen-bond donors (Lipinski definition) is 1. The number of rotatable bonds is 12. The summed E-state index contributed by atoms with van der Waals surface area (Å²) in [5, 5.41) is 12.5. The first-order valence-electron chi connectivity index (χ1n) is 11.6. The Labute approximate surface area is 196 Å². The van der Waals surface area contributed by atoms with Crippen LogP contribution in [0.1, 0.15) is 48.2 Å². The summed E-state index contributed by atoms with van der Waals surface area (Å²) in [5.41, 5.74) is 2.40. The summed E-state index contributed by atoms with van der Waals surface area (Å²) < 4.78 is 6.12. The minimum Gasteiger partial charge on any atom is -0.491 e. The Hall–Kier alpha value is -2.15. The Morgan fingerprint density at radius 3 is 2.88 bits per heavy atom. The van der Waals surface area contributed by atoms with Crippen molar-refractivity contribution < 1.29 is 14.6 Å². The molecule has 3 rings (SSSR count). The molecule has 174 valence electrons. The van der Waals surface area contributed by atoms with Gasteiger partial charge in [0.15, 0.2) is 0 Å². The average molecular weight is 457 g/mol. The first kappa shape index (κ1) is 24.5. The van der Waals surface area contributed by atoms with Crippen LogP contribution < -0.4 is 4.74 Å². The van der Waals surface area contributed by atoms with Gasteiger partial charge in [-0.15, -0.1) is 17.9 Å². The molecule has 2 heterocycles. The molecule has 2 aromatic rings. The second kappa shape index (κ2) is 12.2. The van der Waals surface area contributed by atoms with E-state index in [0.717, 1.165) is 31.6 Å². The maximum Gasteiger partial charge on any atom is 0.237 e. The van der Waals surface area contributed by atoms with E-state index >= 15 is 0 Å². The van der Waals surface area contributed by atoms with E-state index < -0.39 is 6.10 Å². The van der Waals surface area contributed by atoms with E-state index in [1.165, 1.54) is 16.0 Å². The maximum atomic E-state index is 13.4. The number of aryl methyl sites for hydroxylation is 1. The summed E-state index contributed by atoms with van der Waals surface area (Å²) in [6, 6.07) is 10.1. The number of carbonyl (C=O) groups is 1. The van der Waals surface area contributed by atoms with Crippen molar-refractivity contribution in [1.29, 1.82) is 0 Å². The van der Waals surface area contributed by atoms with Crippen LogP contribution in [0.5, 0.6) is 5.75 Å². The van der Waals surface area contributed by atoms with E-state index in [-0.39, 0.29) is 11.9 Å². The Morgan fingerprint density at radius 2 is 2.16 bits per heavy atom. The third-order valence-electron chi connectivity index (χ3n) is 5.92. The van der Waals surface area contributed by atoms with Crippen LogP contribution in [0.2, 0.25) is 0 Å². The molecule has 1 aromatic carbocycles. The number of amides is 1. The Bertz CT molecular complexity index is 864. The number of benzene rings is 1. The highest BCUT2D eigenvalue weighted by Crippen LogP contribution is 2.34. The molecule has 1 N–H and O–H groups in total. The quantitative estimate of drug-likeness (QED) is 0.474. The third kappa shape index (κ3) is 6.67. The SMILES string of the molecule is C=CCC[C@@H](O)CN(CCC)CC(=O)N1CCc2sccc2[C@H]1COc1ccc(C)cc1. The highest BCUT2D eigenvalue weighted by Gasteiger charge is 2.33. The van der Waals surface area contributed by atoms with Gasteiger partial charge in [0.05, 0.1) is 18.7 Å². The van der Waals surface area contributed by atoms with Gasteiger partial charge in [-0.2, -0.15) is 0 Å². The number of aliphatic hydroxyl groups excluding tert-OH is 1. The summed E-state index contributed by atoms with van der Waals surface area (Å²) in [4.78, 5) is 18.8. The molecular formula is C26H36N2O3S. The second-order valence-electron chi connectivity index (χ2n) is 8.53. The van der Waals surface area contributed by atoms with E-state index in [9.17, 15) is 9.90 Å². The lowest BCUT2D eigenvalue weighted by molar-refractivity contribution is -0.136. The van der Waals surface area contributed by atoms with E-state index in [1.807, 2.05) is 35.2 Å². The molecule has 1 aliphatic heterocycles. The van der Waals surface area contributed by atoms with Gasteiger partial charge in [0, 0.05) is 18.0 Å². The first-order chi connectivity index (χ1) is 15.5. The van der Waals surface area contributed by atoms with E-state index in [4.69, 9.17) is 4.74 Å². The van der Waals surface area contributed by atoms with Gasteiger partial charge in [0.1, 0.15) is 12.4 Å². The van der Waals surface area contributed by atoms with Crippen LogP contribution in [0.15, 0.2) is 48.4 Å². The van der Waals surface area contributed by atoms with Crippen LogP contribution in [0.25, 0.3) is 0 Å². The van der Waals surface area contributed by atoms with E-state index in [1.54, 1.807) is 11.3 Å². The fraction of sp³-hybridized carbons (Fsp3) is 0.500. The molecule has 0 spiro atoms. The molecule has 1 aliphatic rings. The largest absolute Gasteiger partial charge is 0.491 e. The maximum absolute atomic E-state index is 13.4. The van der Waals surface area contributed by atoms with Crippen LogP contribution in [0.4, 0.5) is 0 Å². The van der Waals surface area contributed by atoms with Crippen LogP contribution in [0.3, 0.4) is 0 Å². The van der Waals surface area contributed by atoms with Crippen molar-refractivity contribution in [1.82, 2.24) is 9.80 Å². The first-order valence-corrected chi connectivity index (χ1v) is 12.5. The van der Waals surface area contributed by atoms with Gasteiger partial charge in [0.25, 0.3) is 0 Å². The standard InChI is InChI=1S/C26H36N2O3S/c1-4-6-7-21(29)17-27(14-5-2)18-26(30)28-15-12-25-23(13-16-32-25)24(28)19-31-22-10-8-20(3)9-11-22/h4,8-11,13,16,21,24,29H,1,5-7,12,14-15,17-19H2,2-3H3/t21-,24-/m1/s1. The average Bonchev–Trinajstić information content (AvgIpc) is 3.26. The number of ether oxygens (including phenoxy) is 1. The third-order valence-corrected chi connectivity index (χ3v) is 6.91. The van der Waals surface area contributed by atoms with E-state index in [0.29, 0.717) is 32.7 Å². The van der Waals surface area contributed by atoms with Crippen LogP contribution >= 0.6 is 11.3 Å². The Kier molecular flexibility index (Phi) is 9.33. The lowest BCUT2D eigenvalue weighted by atomic mass is 10.0. The molecule has 2 atom stereocenters. The Morgan fingerprint density at radius 1 is 1.38 bits per heavy atom. The molecule has 0 saturated heterocycles. The second-order valence-corrected chi connectivity index (χ2v) is 9.53. The van der Waals surface area contributed by atoms with Crippen molar-refractivity contribution in [3.05, 3.63) is 64.4 Å². The van der Waals surface area contributed by atoms with Crippen LogP contribution in [-0.4, -0.2) is 59.7 Å². The molecule has 0 bridgehead atoms. The zero-order chi connectivity index (χ0) is 22.9. The number of carbonyl (C=O) groups excluding carboxylic acids is 1. The summed E-state index contributed by atoms with van der Waals surface area (Å²) in [6.07, 6.45) is 4.65. The molecule has 1 amide bonds. The van der Waals surface area contributed by atoms with Crippen molar-refractivity contribution >= 4 is 17.2 Å². The molecule has 0 unspecified atom stereocenters. The van der Waals surface area contributed by atoms with Gasteiger partial charge in [-0.3, -0.25) is 9.69 Å². The predicted octanol–water partition coefficient (Wildman–Crippen LogP) is 4.60. The summed E-state index contributed by atoms with van der Waals surface area (Å²) in [5.74, 6) is 0.923. The molecule has 0 fully saturated rings. The normalized spacial score (nSPS) is 16.6. The van der Waals surface area contributed by atoms with Crippen molar-refractivity contribution in [3.8, 4) is 5.75 Å². The molecule has 32 heavy (non-hydrogen) atoms. The fourth-order valence-corrected chi connectivity index (χ4v) is 5.15. The van der Waals surface area contributed by atoms with Crippen LogP contribution in [0, 0.1) is 6.92 Å². The topological polar surface area (TPSA) is 53.0 Å². The van der Waals surface area contributed by atoms with Crippen molar-refractivity contribution in [2.24, 2.45) is 0 Å². The smallest absolute Gasteiger partial charge is 0.237 e.